The summed E-state index contributed by atoms with van der Waals surface area (Å²) >= 11 is 0. The highest BCUT2D eigenvalue weighted by molar-refractivity contribution is 6.00. The third-order valence-electron chi connectivity index (χ3n) is 3.87. The van der Waals surface area contributed by atoms with E-state index in [4.69, 9.17) is 5.11 Å². The number of benzene rings is 1. The molecule has 1 unspecified atom stereocenters. The van der Waals surface area contributed by atoms with Crippen molar-refractivity contribution < 1.29 is 19.5 Å². The fourth-order valence-electron chi connectivity index (χ4n) is 2.11. The quantitative estimate of drug-likeness (QED) is 0.834. The van der Waals surface area contributed by atoms with Crippen LogP contribution in [-0.2, 0) is 4.79 Å². The first-order chi connectivity index (χ1) is 10.8. The molecule has 1 rings (SSSR count). The second kappa shape index (κ2) is 8.31. The summed E-state index contributed by atoms with van der Waals surface area (Å²) in [6, 6.07) is 6.21. The van der Waals surface area contributed by atoms with E-state index in [0.717, 1.165) is 0 Å². The van der Waals surface area contributed by atoms with E-state index >= 15 is 0 Å². The monoisotopic (exact) mass is 320 g/mol. The fraction of sp³-hybridized carbons (Fsp3) is 0.471. The van der Waals surface area contributed by atoms with Gasteiger partial charge in [-0.1, -0.05) is 13.0 Å². The third-order valence-corrected chi connectivity index (χ3v) is 3.87. The molecule has 0 aliphatic carbocycles. The SMILES string of the molecule is CCC(C)N(CC(=O)O)C(=O)c1cccc(C(=O)N(C)CC)c1. The maximum atomic E-state index is 12.6. The molecule has 1 atom stereocenters. The van der Waals surface area contributed by atoms with Crippen LogP contribution in [0.4, 0.5) is 0 Å². The van der Waals surface area contributed by atoms with Gasteiger partial charge in [0.05, 0.1) is 0 Å². The predicted molar refractivity (Wildman–Crippen MR) is 87.5 cm³/mol. The Kier molecular flexibility index (Phi) is 6.75. The van der Waals surface area contributed by atoms with Crippen molar-refractivity contribution in [3.05, 3.63) is 35.4 Å². The highest BCUT2D eigenvalue weighted by Crippen LogP contribution is 2.14. The molecule has 1 N–H and O–H groups in total. The molecule has 2 amide bonds. The Labute approximate surface area is 136 Å². The summed E-state index contributed by atoms with van der Waals surface area (Å²) in [6.07, 6.45) is 0.649. The molecule has 0 radical (unpaired) electrons. The molecular weight excluding hydrogens is 296 g/mol. The van der Waals surface area contributed by atoms with Crippen molar-refractivity contribution >= 4 is 17.8 Å². The van der Waals surface area contributed by atoms with Crippen LogP contribution in [0.2, 0.25) is 0 Å². The van der Waals surface area contributed by atoms with Crippen molar-refractivity contribution in [3.8, 4) is 0 Å². The number of hydrogen-bond donors (Lipinski definition) is 1. The van der Waals surface area contributed by atoms with Gasteiger partial charge in [-0.3, -0.25) is 14.4 Å². The van der Waals surface area contributed by atoms with Crippen LogP contribution in [0.5, 0.6) is 0 Å². The summed E-state index contributed by atoms with van der Waals surface area (Å²) in [7, 11) is 1.69. The molecule has 0 fully saturated rings. The zero-order valence-electron chi connectivity index (χ0n) is 14.1. The van der Waals surface area contributed by atoms with Gasteiger partial charge < -0.3 is 14.9 Å². The minimum atomic E-state index is -1.06. The number of carbonyl (C=O) groups is 3. The Morgan fingerprint density at radius 1 is 1.13 bits per heavy atom. The standard InChI is InChI=1S/C17H24N2O4/c1-5-12(3)19(11-15(20)21)17(23)14-9-7-8-13(10-14)16(22)18(4)6-2/h7-10,12H,5-6,11H2,1-4H3,(H,20,21). The zero-order chi connectivity index (χ0) is 17.6. The molecule has 6 nitrogen and oxygen atoms in total. The van der Waals surface area contributed by atoms with E-state index in [0.29, 0.717) is 24.1 Å². The zero-order valence-corrected chi connectivity index (χ0v) is 14.1. The van der Waals surface area contributed by atoms with Crippen molar-refractivity contribution in [2.45, 2.75) is 33.2 Å². The van der Waals surface area contributed by atoms with Gasteiger partial charge in [0, 0.05) is 30.8 Å². The topological polar surface area (TPSA) is 77.9 Å². The van der Waals surface area contributed by atoms with Crippen molar-refractivity contribution in [3.63, 3.8) is 0 Å². The van der Waals surface area contributed by atoms with Crippen molar-refractivity contribution in [2.24, 2.45) is 0 Å². The molecule has 6 heteroatoms. The summed E-state index contributed by atoms with van der Waals surface area (Å²) in [5, 5.41) is 9.02. The summed E-state index contributed by atoms with van der Waals surface area (Å²) < 4.78 is 0. The minimum Gasteiger partial charge on any atom is -0.480 e. The van der Waals surface area contributed by atoms with Gasteiger partial charge in [-0.2, -0.15) is 0 Å². The maximum Gasteiger partial charge on any atom is 0.323 e. The fourth-order valence-corrected chi connectivity index (χ4v) is 2.11. The van der Waals surface area contributed by atoms with Gasteiger partial charge in [0.2, 0.25) is 0 Å². The van der Waals surface area contributed by atoms with Crippen LogP contribution in [0, 0.1) is 0 Å². The van der Waals surface area contributed by atoms with Gasteiger partial charge >= 0.3 is 5.97 Å². The summed E-state index contributed by atoms with van der Waals surface area (Å²) in [5.41, 5.74) is 0.738. The lowest BCUT2D eigenvalue weighted by molar-refractivity contribution is -0.138. The lowest BCUT2D eigenvalue weighted by Gasteiger charge is -2.27. The van der Waals surface area contributed by atoms with Crippen LogP contribution in [0.15, 0.2) is 24.3 Å². The summed E-state index contributed by atoms with van der Waals surface area (Å²) in [5.74, 6) is -1.61. The van der Waals surface area contributed by atoms with Crippen LogP contribution >= 0.6 is 0 Å². The number of aliphatic carboxylic acids is 1. The lowest BCUT2D eigenvalue weighted by atomic mass is 10.1. The van der Waals surface area contributed by atoms with Crippen LogP contribution in [-0.4, -0.2) is 58.9 Å². The molecule has 0 aliphatic rings. The smallest absolute Gasteiger partial charge is 0.323 e. The molecule has 0 saturated heterocycles. The molecule has 0 aliphatic heterocycles. The first-order valence-electron chi connectivity index (χ1n) is 7.70. The van der Waals surface area contributed by atoms with Crippen LogP contribution in [0.1, 0.15) is 47.9 Å². The Morgan fingerprint density at radius 2 is 1.70 bits per heavy atom. The second-order valence-corrected chi connectivity index (χ2v) is 5.48. The predicted octanol–water partition coefficient (Wildman–Crippen LogP) is 2.10. The summed E-state index contributed by atoms with van der Waals surface area (Å²) in [6.45, 7) is 5.77. The third kappa shape index (κ3) is 4.81. The van der Waals surface area contributed by atoms with E-state index in [9.17, 15) is 14.4 Å². The van der Waals surface area contributed by atoms with Crippen LogP contribution in [0.25, 0.3) is 0 Å². The van der Waals surface area contributed by atoms with Gasteiger partial charge in [0.15, 0.2) is 0 Å². The number of carboxylic acids is 1. The number of carbonyl (C=O) groups excluding carboxylic acids is 2. The van der Waals surface area contributed by atoms with Crippen LogP contribution in [0.3, 0.4) is 0 Å². The number of hydrogen-bond acceptors (Lipinski definition) is 3. The highest BCUT2D eigenvalue weighted by Gasteiger charge is 2.23. The Bertz CT molecular complexity index is 586. The number of carboxylic acid groups (broad SMARTS) is 1. The Morgan fingerprint density at radius 3 is 2.17 bits per heavy atom. The molecule has 0 saturated carbocycles. The van der Waals surface area contributed by atoms with E-state index in [1.807, 2.05) is 13.8 Å². The first kappa shape index (κ1) is 18.7. The second-order valence-electron chi connectivity index (χ2n) is 5.48. The van der Waals surface area contributed by atoms with Gasteiger partial charge in [-0.15, -0.1) is 0 Å². The van der Waals surface area contributed by atoms with Gasteiger partial charge in [-0.05, 0) is 38.5 Å². The molecular formula is C17H24N2O4. The van der Waals surface area contributed by atoms with Crippen molar-refractivity contribution in [1.29, 1.82) is 0 Å². The number of nitrogens with zero attached hydrogens (tertiary/aromatic N) is 2. The van der Waals surface area contributed by atoms with E-state index in [1.54, 1.807) is 37.1 Å². The first-order valence-corrected chi connectivity index (χ1v) is 7.70. The maximum absolute atomic E-state index is 12.6. The van der Waals surface area contributed by atoms with Crippen molar-refractivity contribution in [1.82, 2.24) is 9.80 Å². The largest absolute Gasteiger partial charge is 0.480 e. The molecule has 0 spiro atoms. The Balaban J connectivity index is 3.10. The lowest BCUT2D eigenvalue weighted by Crippen LogP contribution is -2.41. The molecule has 1 aromatic carbocycles. The van der Waals surface area contributed by atoms with E-state index in [-0.39, 0.29) is 24.4 Å². The van der Waals surface area contributed by atoms with Gasteiger partial charge in [-0.25, -0.2) is 0 Å². The van der Waals surface area contributed by atoms with E-state index < -0.39 is 5.97 Å². The normalized spacial score (nSPS) is 11.7. The summed E-state index contributed by atoms with van der Waals surface area (Å²) in [4.78, 5) is 38.7. The van der Waals surface area contributed by atoms with Gasteiger partial charge in [0.1, 0.15) is 6.54 Å². The molecule has 0 bridgehead atoms. The molecule has 126 valence electrons. The average molecular weight is 320 g/mol. The van der Waals surface area contributed by atoms with Crippen molar-refractivity contribution in [2.75, 3.05) is 20.1 Å². The molecule has 0 heterocycles. The van der Waals surface area contributed by atoms with Gasteiger partial charge in [0.25, 0.3) is 11.8 Å². The Hall–Kier alpha value is -2.37. The average Bonchev–Trinajstić information content (AvgIpc) is 2.56. The highest BCUT2D eigenvalue weighted by atomic mass is 16.4. The molecule has 23 heavy (non-hydrogen) atoms. The number of rotatable bonds is 7. The molecule has 1 aromatic rings. The van der Waals surface area contributed by atoms with E-state index in [1.165, 1.54) is 11.0 Å². The van der Waals surface area contributed by atoms with E-state index in [2.05, 4.69) is 0 Å². The van der Waals surface area contributed by atoms with Crippen LogP contribution < -0.4 is 0 Å². The number of amides is 2. The minimum absolute atomic E-state index is 0.171. The molecule has 0 aromatic heterocycles.